The van der Waals surface area contributed by atoms with Crippen LogP contribution in [0.25, 0.3) is 0 Å². The number of aromatic nitrogens is 2. The maximum absolute atomic E-state index is 12.0. The second-order valence-corrected chi connectivity index (χ2v) is 4.97. The van der Waals surface area contributed by atoms with Gasteiger partial charge in [-0.15, -0.1) is 0 Å². The molecule has 104 valence electrons. The Morgan fingerprint density at radius 2 is 2.26 bits per heavy atom. The molecule has 0 aliphatic carbocycles. The van der Waals surface area contributed by atoms with E-state index in [1.165, 1.54) is 0 Å². The van der Waals surface area contributed by atoms with Crippen LogP contribution in [0.5, 0.6) is 0 Å². The van der Waals surface area contributed by atoms with Gasteiger partial charge in [0.15, 0.2) is 0 Å². The van der Waals surface area contributed by atoms with Gasteiger partial charge in [-0.2, -0.15) is 9.97 Å². The Kier molecular flexibility index (Phi) is 3.46. The first-order valence-corrected chi connectivity index (χ1v) is 6.39. The molecule has 7 heteroatoms. The number of nitrogens with zero attached hydrogens (tertiary/aromatic N) is 3. The lowest BCUT2D eigenvalue weighted by molar-refractivity contribution is -0.126. The highest BCUT2D eigenvalue weighted by Crippen LogP contribution is 2.26. The minimum Gasteiger partial charge on any atom is -0.370 e. The normalized spacial score (nSPS) is 18.1. The first kappa shape index (κ1) is 13.4. The molecule has 0 atom stereocenters. The number of carbonyl (C=O) groups excluding carboxylic acids is 1. The van der Waals surface area contributed by atoms with Crippen molar-refractivity contribution in [1.82, 2.24) is 15.3 Å². The zero-order chi connectivity index (χ0) is 14.0. The number of piperazine rings is 1. The van der Waals surface area contributed by atoms with Gasteiger partial charge in [0.05, 0.1) is 0 Å². The number of hydrogen-bond acceptors (Lipinski definition) is 6. The van der Waals surface area contributed by atoms with E-state index in [0.29, 0.717) is 24.7 Å². The Morgan fingerprint density at radius 3 is 2.95 bits per heavy atom. The zero-order valence-corrected chi connectivity index (χ0v) is 11.5. The summed E-state index contributed by atoms with van der Waals surface area (Å²) in [6.45, 7) is 7.76. The number of amides is 1. The van der Waals surface area contributed by atoms with Gasteiger partial charge >= 0.3 is 0 Å². The molecule has 0 spiro atoms. The fourth-order valence-corrected chi connectivity index (χ4v) is 2.16. The van der Waals surface area contributed by atoms with Crippen LogP contribution in [0.4, 0.5) is 17.6 Å². The van der Waals surface area contributed by atoms with Gasteiger partial charge < -0.3 is 21.3 Å². The van der Waals surface area contributed by atoms with Crippen molar-refractivity contribution in [2.45, 2.75) is 26.3 Å². The summed E-state index contributed by atoms with van der Waals surface area (Å²) in [5.41, 5.74) is 5.08. The van der Waals surface area contributed by atoms with Crippen molar-refractivity contribution in [3.8, 4) is 0 Å². The van der Waals surface area contributed by atoms with Crippen LogP contribution in [0.15, 0.2) is 6.07 Å². The Balaban J connectivity index is 2.37. The van der Waals surface area contributed by atoms with Gasteiger partial charge in [0.2, 0.25) is 11.9 Å². The minimum absolute atomic E-state index is 0.0130. The summed E-state index contributed by atoms with van der Waals surface area (Å²) in [6.07, 6.45) is 0. The number of anilines is 3. The molecule has 2 rings (SSSR count). The van der Waals surface area contributed by atoms with Crippen LogP contribution in [0.3, 0.4) is 0 Å². The molecule has 1 aliphatic heterocycles. The lowest BCUT2D eigenvalue weighted by Crippen LogP contribution is -2.62. The van der Waals surface area contributed by atoms with E-state index in [1.54, 1.807) is 0 Å². The smallest absolute Gasteiger partial charge is 0.245 e. The van der Waals surface area contributed by atoms with E-state index in [0.717, 1.165) is 6.54 Å². The number of rotatable bonds is 3. The van der Waals surface area contributed by atoms with Crippen LogP contribution in [0, 0.1) is 0 Å². The standard InChI is InChI=1S/C12H20N6O/c1-4-14-8-7-9(17-11(13)16-8)18-6-5-15-10(19)12(18,2)3/h7H,4-6H2,1-3H3,(H,15,19)(H3,13,14,16,17). The maximum atomic E-state index is 12.0. The van der Waals surface area contributed by atoms with Crippen LogP contribution in [0.2, 0.25) is 0 Å². The van der Waals surface area contributed by atoms with Gasteiger partial charge in [0.25, 0.3) is 0 Å². The van der Waals surface area contributed by atoms with Crippen LogP contribution < -0.4 is 21.3 Å². The molecule has 7 nitrogen and oxygen atoms in total. The van der Waals surface area contributed by atoms with Crippen molar-refractivity contribution in [2.24, 2.45) is 0 Å². The Labute approximate surface area is 112 Å². The molecule has 0 bridgehead atoms. The lowest BCUT2D eigenvalue weighted by atomic mass is 9.99. The molecule has 1 aromatic rings. The summed E-state index contributed by atoms with van der Waals surface area (Å²) in [5, 5.41) is 5.96. The highest BCUT2D eigenvalue weighted by molar-refractivity contribution is 5.90. The molecule has 0 radical (unpaired) electrons. The largest absolute Gasteiger partial charge is 0.370 e. The highest BCUT2D eigenvalue weighted by atomic mass is 16.2. The third-order valence-electron chi connectivity index (χ3n) is 3.22. The van der Waals surface area contributed by atoms with E-state index >= 15 is 0 Å². The third kappa shape index (κ3) is 2.54. The first-order chi connectivity index (χ1) is 8.95. The molecule has 0 aromatic carbocycles. The van der Waals surface area contributed by atoms with E-state index in [1.807, 2.05) is 31.7 Å². The summed E-state index contributed by atoms with van der Waals surface area (Å²) in [7, 11) is 0. The van der Waals surface area contributed by atoms with Crippen molar-refractivity contribution in [2.75, 3.05) is 35.6 Å². The van der Waals surface area contributed by atoms with E-state index in [2.05, 4.69) is 20.6 Å². The van der Waals surface area contributed by atoms with Crippen molar-refractivity contribution >= 4 is 23.5 Å². The van der Waals surface area contributed by atoms with Crippen molar-refractivity contribution in [3.05, 3.63) is 6.07 Å². The quantitative estimate of drug-likeness (QED) is 0.722. The second-order valence-electron chi connectivity index (χ2n) is 4.97. The van der Waals surface area contributed by atoms with E-state index in [-0.39, 0.29) is 11.9 Å². The van der Waals surface area contributed by atoms with Crippen LogP contribution >= 0.6 is 0 Å². The van der Waals surface area contributed by atoms with Crippen LogP contribution in [-0.4, -0.2) is 41.0 Å². The number of nitrogens with one attached hydrogen (secondary N) is 2. The SMILES string of the molecule is CCNc1cc(N2CCNC(=O)C2(C)C)nc(N)n1. The van der Waals surface area contributed by atoms with E-state index in [4.69, 9.17) is 5.73 Å². The molecule has 1 aliphatic rings. The van der Waals surface area contributed by atoms with Gasteiger partial charge in [-0.05, 0) is 20.8 Å². The number of carbonyl (C=O) groups is 1. The molecule has 1 fully saturated rings. The molecule has 1 saturated heterocycles. The number of nitrogen functional groups attached to an aromatic ring is 1. The van der Waals surface area contributed by atoms with Crippen LogP contribution in [-0.2, 0) is 4.79 Å². The van der Waals surface area contributed by atoms with Crippen molar-refractivity contribution in [1.29, 1.82) is 0 Å². The fourth-order valence-electron chi connectivity index (χ4n) is 2.16. The minimum atomic E-state index is -0.650. The van der Waals surface area contributed by atoms with Crippen molar-refractivity contribution in [3.63, 3.8) is 0 Å². The molecular formula is C12H20N6O. The average Bonchev–Trinajstić information content (AvgIpc) is 2.32. The van der Waals surface area contributed by atoms with Gasteiger partial charge in [-0.1, -0.05) is 0 Å². The van der Waals surface area contributed by atoms with Gasteiger partial charge in [0.1, 0.15) is 17.2 Å². The third-order valence-corrected chi connectivity index (χ3v) is 3.22. The summed E-state index contributed by atoms with van der Waals surface area (Å²) >= 11 is 0. The van der Waals surface area contributed by atoms with Crippen molar-refractivity contribution < 1.29 is 4.79 Å². The van der Waals surface area contributed by atoms with Gasteiger partial charge in [0, 0.05) is 25.7 Å². The second kappa shape index (κ2) is 4.91. The highest BCUT2D eigenvalue weighted by Gasteiger charge is 2.38. The number of nitrogens with two attached hydrogens (primary N) is 1. The molecule has 1 aromatic heterocycles. The van der Waals surface area contributed by atoms with E-state index in [9.17, 15) is 4.79 Å². The molecular weight excluding hydrogens is 244 g/mol. The molecule has 1 amide bonds. The number of hydrogen-bond donors (Lipinski definition) is 3. The fraction of sp³-hybridized carbons (Fsp3) is 0.583. The maximum Gasteiger partial charge on any atom is 0.245 e. The average molecular weight is 264 g/mol. The van der Waals surface area contributed by atoms with Gasteiger partial charge in [-0.25, -0.2) is 0 Å². The molecule has 4 N–H and O–H groups in total. The topological polar surface area (TPSA) is 96.2 Å². The summed E-state index contributed by atoms with van der Waals surface area (Å²) in [4.78, 5) is 22.3. The Hall–Kier alpha value is -2.05. The molecule has 2 heterocycles. The predicted octanol–water partition coefficient (Wildman–Crippen LogP) is 0.205. The monoisotopic (exact) mass is 264 g/mol. The summed E-state index contributed by atoms with van der Waals surface area (Å²) in [5.74, 6) is 1.53. The summed E-state index contributed by atoms with van der Waals surface area (Å²) in [6, 6.07) is 1.82. The van der Waals surface area contributed by atoms with Crippen LogP contribution in [0.1, 0.15) is 20.8 Å². The first-order valence-electron chi connectivity index (χ1n) is 6.39. The predicted molar refractivity (Wildman–Crippen MR) is 75.0 cm³/mol. The lowest BCUT2D eigenvalue weighted by Gasteiger charge is -2.42. The summed E-state index contributed by atoms with van der Waals surface area (Å²) < 4.78 is 0. The molecule has 0 saturated carbocycles. The van der Waals surface area contributed by atoms with Gasteiger partial charge in [-0.3, -0.25) is 4.79 Å². The molecule has 19 heavy (non-hydrogen) atoms. The zero-order valence-electron chi connectivity index (χ0n) is 11.5. The Morgan fingerprint density at radius 1 is 1.53 bits per heavy atom. The van der Waals surface area contributed by atoms with E-state index < -0.39 is 5.54 Å². The Bertz CT molecular complexity index is 487. The molecule has 0 unspecified atom stereocenters.